The molecule has 10 nitrogen and oxygen atoms in total. The summed E-state index contributed by atoms with van der Waals surface area (Å²) < 4.78 is 16.8. The first-order chi connectivity index (χ1) is 16.2. The number of aromatic carboxylic acids is 1. The second-order valence-electron chi connectivity index (χ2n) is 7.75. The van der Waals surface area contributed by atoms with Gasteiger partial charge in [-0.3, -0.25) is 10.3 Å². The quantitative estimate of drug-likeness (QED) is 0.432. The van der Waals surface area contributed by atoms with Gasteiger partial charge in [0, 0.05) is 50.5 Å². The van der Waals surface area contributed by atoms with Crippen molar-refractivity contribution in [2.75, 3.05) is 76.1 Å². The zero-order valence-corrected chi connectivity index (χ0v) is 18.5. The third kappa shape index (κ3) is 6.88. The van der Waals surface area contributed by atoms with E-state index < -0.39 is 5.97 Å². The van der Waals surface area contributed by atoms with Gasteiger partial charge in [-0.1, -0.05) is 12.1 Å². The fraction of sp³-hybridized carbons (Fsp3) is 0.435. The van der Waals surface area contributed by atoms with Crippen LogP contribution in [0.25, 0.3) is 0 Å². The van der Waals surface area contributed by atoms with Crippen LogP contribution >= 0.6 is 0 Å². The number of carboxylic acid groups (broad SMARTS) is 1. The lowest BCUT2D eigenvalue weighted by atomic mass is 10.1. The molecule has 0 bridgehead atoms. The Bertz CT molecular complexity index is 958. The highest BCUT2D eigenvalue weighted by Gasteiger charge is 2.15. The fourth-order valence-corrected chi connectivity index (χ4v) is 3.66. The van der Waals surface area contributed by atoms with Crippen LogP contribution in [0.5, 0.6) is 5.88 Å². The van der Waals surface area contributed by atoms with E-state index in [0.29, 0.717) is 37.1 Å². The van der Waals surface area contributed by atoms with E-state index in [1.807, 2.05) is 12.1 Å². The SMILES string of the molecule is O=C(O)c1cccc(/C=N/Nc2cc(N3CCOCC3)cc(OCCN3CCOCC3)n2)c1. The van der Waals surface area contributed by atoms with Crippen molar-refractivity contribution in [3.8, 4) is 5.88 Å². The van der Waals surface area contributed by atoms with Gasteiger partial charge in [0.05, 0.1) is 38.2 Å². The highest BCUT2D eigenvalue weighted by Crippen LogP contribution is 2.25. The van der Waals surface area contributed by atoms with E-state index in [2.05, 4.69) is 25.3 Å². The minimum atomic E-state index is -0.975. The number of hydrogen-bond donors (Lipinski definition) is 2. The lowest BCUT2D eigenvalue weighted by Crippen LogP contribution is -2.38. The average molecular weight is 456 g/mol. The summed E-state index contributed by atoms with van der Waals surface area (Å²) in [7, 11) is 0. The third-order valence-corrected chi connectivity index (χ3v) is 5.45. The van der Waals surface area contributed by atoms with Crippen molar-refractivity contribution in [1.82, 2.24) is 9.88 Å². The van der Waals surface area contributed by atoms with Crippen LogP contribution < -0.4 is 15.1 Å². The van der Waals surface area contributed by atoms with E-state index in [-0.39, 0.29) is 5.56 Å². The average Bonchev–Trinajstić information content (AvgIpc) is 2.85. The number of pyridine rings is 1. The molecule has 1 aromatic heterocycles. The molecule has 4 rings (SSSR count). The summed E-state index contributed by atoms with van der Waals surface area (Å²) in [5, 5.41) is 13.4. The molecule has 0 atom stereocenters. The van der Waals surface area contributed by atoms with Crippen molar-refractivity contribution >= 4 is 23.7 Å². The molecule has 0 amide bonds. The molecular formula is C23H29N5O5. The number of morpholine rings is 2. The van der Waals surface area contributed by atoms with Crippen molar-refractivity contribution in [3.05, 3.63) is 47.5 Å². The highest BCUT2D eigenvalue weighted by atomic mass is 16.5. The molecule has 0 spiro atoms. The standard InChI is InChI=1S/C23H29N5O5/c29-23(30)19-3-1-2-18(14-19)17-24-26-21-15-20(28-7-11-32-12-8-28)16-22(25-21)33-13-6-27-4-9-31-10-5-27/h1-3,14-17H,4-13H2,(H,25,26)(H,29,30)/b24-17+. The first kappa shape index (κ1) is 23.0. The van der Waals surface area contributed by atoms with Crippen LogP contribution in [0.4, 0.5) is 11.5 Å². The summed E-state index contributed by atoms with van der Waals surface area (Å²) in [4.78, 5) is 20.2. The van der Waals surface area contributed by atoms with Crippen LogP contribution in [0.15, 0.2) is 41.5 Å². The van der Waals surface area contributed by atoms with E-state index >= 15 is 0 Å². The number of aromatic nitrogens is 1. The topological polar surface area (TPSA) is 109 Å². The number of hydrogen-bond acceptors (Lipinski definition) is 9. The van der Waals surface area contributed by atoms with Crippen molar-refractivity contribution in [2.45, 2.75) is 0 Å². The minimum Gasteiger partial charge on any atom is -0.478 e. The molecule has 176 valence electrons. The number of benzene rings is 1. The Balaban J connectivity index is 1.43. The lowest BCUT2D eigenvalue weighted by molar-refractivity contribution is 0.0320. The van der Waals surface area contributed by atoms with Crippen LogP contribution in [0.1, 0.15) is 15.9 Å². The molecule has 2 aromatic rings. The van der Waals surface area contributed by atoms with Crippen LogP contribution in [-0.2, 0) is 9.47 Å². The first-order valence-electron chi connectivity index (χ1n) is 11.1. The van der Waals surface area contributed by atoms with E-state index in [9.17, 15) is 4.79 Å². The smallest absolute Gasteiger partial charge is 0.335 e. The van der Waals surface area contributed by atoms with Gasteiger partial charge in [0.2, 0.25) is 5.88 Å². The third-order valence-electron chi connectivity index (χ3n) is 5.45. The maximum atomic E-state index is 11.2. The number of hydrazone groups is 1. The fourth-order valence-electron chi connectivity index (χ4n) is 3.66. The van der Waals surface area contributed by atoms with Gasteiger partial charge in [-0.2, -0.15) is 10.1 Å². The van der Waals surface area contributed by atoms with Gasteiger partial charge in [0.25, 0.3) is 0 Å². The molecule has 0 unspecified atom stereocenters. The van der Waals surface area contributed by atoms with Crippen LogP contribution in [-0.4, -0.2) is 92.9 Å². The Labute approximate surface area is 192 Å². The molecule has 2 aliphatic heterocycles. The number of carbonyl (C=O) groups is 1. The van der Waals surface area contributed by atoms with E-state index in [4.69, 9.17) is 19.3 Å². The van der Waals surface area contributed by atoms with Crippen molar-refractivity contribution in [2.24, 2.45) is 5.10 Å². The Hall–Kier alpha value is -3.21. The van der Waals surface area contributed by atoms with Gasteiger partial charge in [-0.25, -0.2) is 4.79 Å². The Morgan fingerprint density at radius 3 is 2.64 bits per heavy atom. The normalized spacial score (nSPS) is 17.3. The summed E-state index contributed by atoms with van der Waals surface area (Å²) in [6.45, 7) is 7.62. The maximum Gasteiger partial charge on any atom is 0.335 e. The molecule has 3 heterocycles. The summed E-state index contributed by atoms with van der Waals surface area (Å²) in [6, 6.07) is 10.4. The largest absolute Gasteiger partial charge is 0.478 e. The van der Waals surface area contributed by atoms with E-state index in [0.717, 1.165) is 51.6 Å². The van der Waals surface area contributed by atoms with Gasteiger partial charge in [0.15, 0.2) is 5.82 Å². The summed E-state index contributed by atoms with van der Waals surface area (Å²) >= 11 is 0. The van der Waals surface area contributed by atoms with Gasteiger partial charge in [-0.15, -0.1) is 0 Å². The van der Waals surface area contributed by atoms with Crippen LogP contribution in [0.2, 0.25) is 0 Å². The van der Waals surface area contributed by atoms with Gasteiger partial charge >= 0.3 is 5.97 Å². The molecule has 0 radical (unpaired) electrons. The predicted octanol–water partition coefficient (Wildman–Crippen LogP) is 1.77. The van der Waals surface area contributed by atoms with Crippen molar-refractivity contribution < 1.29 is 24.1 Å². The summed E-state index contributed by atoms with van der Waals surface area (Å²) in [5.41, 5.74) is 4.82. The molecule has 2 aliphatic rings. The van der Waals surface area contributed by atoms with Crippen LogP contribution in [0.3, 0.4) is 0 Å². The van der Waals surface area contributed by atoms with Crippen LogP contribution in [0, 0.1) is 0 Å². The Morgan fingerprint density at radius 2 is 1.88 bits per heavy atom. The molecule has 2 N–H and O–H groups in total. The monoisotopic (exact) mass is 455 g/mol. The maximum absolute atomic E-state index is 11.2. The lowest BCUT2D eigenvalue weighted by Gasteiger charge is -2.29. The second kappa shape index (κ2) is 11.6. The second-order valence-corrected chi connectivity index (χ2v) is 7.75. The zero-order valence-electron chi connectivity index (χ0n) is 18.5. The molecule has 1 aromatic carbocycles. The first-order valence-corrected chi connectivity index (χ1v) is 11.1. The number of rotatable bonds is 9. The number of carboxylic acids is 1. The molecule has 10 heteroatoms. The van der Waals surface area contributed by atoms with Crippen molar-refractivity contribution in [3.63, 3.8) is 0 Å². The summed E-state index contributed by atoms with van der Waals surface area (Å²) in [6.07, 6.45) is 1.56. The molecule has 0 aliphatic carbocycles. The highest BCUT2D eigenvalue weighted by molar-refractivity contribution is 5.91. The molecule has 33 heavy (non-hydrogen) atoms. The Morgan fingerprint density at radius 1 is 1.12 bits per heavy atom. The Kier molecular flexibility index (Phi) is 8.07. The number of anilines is 2. The zero-order chi connectivity index (χ0) is 22.9. The van der Waals surface area contributed by atoms with Gasteiger partial charge in [-0.05, 0) is 17.7 Å². The summed E-state index contributed by atoms with van der Waals surface area (Å²) in [5.74, 6) is 0.0980. The molecule has 2 fully saturated rings. The molecule has 0 saturated carbocycles. The van der Waals surface area contributed by atoms with Gasteiger partial charge < -0.3 is 24.2 Å². The minimum absolute atomic E-state index is 0.211. The predicted molar refractivity (Wildman–Crippen MR) is 125 cm³/mol. The van der Waals surface area contributed by atoms with E-state index in [1.165, 1.54) is 0 Å². The van der Waals surface area contributed by atoms with Crippen molar-refractivity contribution in [1.29, 1.82) is 0 Å². The molecular weight excluding hydrogens is 426 g/mol. The number of nitrogens with one attached hydrogen (secondary N) is 1. The van der Waals surface area contributed by atoms with Gasteiger partial charge in [0.1, 0.15) is 6.61 Å². The number of ether oxygens (including phenoxy) is 3. The number of nitrogens with zero attached hydrogens (tertiary/aromatic N) is 4. The van der Waals surface area contributed by atoms with E-state index in [1.54, 1.807) is 30.5 Å². The molecule has 2 saturated heterocycles.